The Hall–Kier alpha value is 0.01000. The fourth-order valence-corrected chi connectivity index (χ4v) is 2.09. The van der Waals surface area contributed by atoms with Gasteiger partial charge in [-0.1, -0.05) is 17.7 Å². The van der Waals surface area contributed by atoms with Crippen molar-refractivity contribution in [3.8, 4) is 0 Å². The highest BCUT2D eigenvalue weighted by molar-refractivity contribution is 7.98. The maximum Gasteiger partial charge on any atom is 0.336 e. The van der Waals surface area contributed by atoms with Gasteiger partial charge < -0.3 is 4.89 Å². The summed E-state index contributed by atoms with van der Waals surface area (Å²) in [5.41, 5.74) is 0. The van der Waals surface area contributed by atoms with Crippen LogP contribution in [0.5, 0.6) is 0 Å². The molecule has 1 atom stereocenters. The second kappa shape index (κ2) is 4.49. The molecule has 1 N–H and O–H groups in total. The molecule has 0 bridgehead atoms. The van der Waals surface area contributed by atoms with E-state index >= 15 is 0 Å². The van der Waals surface area contributed by atoms with Gasteiger partial charge >= 0.3 is 7.60 Å². The van der Waals surface area contributed by atoms with Crippen LogP contribution in [0.4, 0.5) is 0 Å². The molecule has 0 saturated heterocycles. The molecule has 1 aromatic rings. The first kappa shape index (κ1) is 11.1. The van der Waals surface area contributed by atoms with Gasteiger partial charge in [0.25, 0.3) is 0 Å². The molecular weight excluding hydrogens is 231 g/mol. The quantitative estimate of drug-likeness (QED) is 0.649. The van der Waals surface area contributed by atoms with E-state index in [0.29, 0.717) is 9.92 Å². The number of hydrogen-bond acceptors (Lipinski definition) is 3. The molecule has 0 aliphatic heterocycles. The van der Waals surface area contributed by atoms with Crippen molar-refractivity contribution >= 4 is 31.2 Å². The summed E-state index contributed by atoms with van der Waals surface area (Å²) in [6.45, 7) is 1.13. The van der Waals surface area contributed by atoms with Gasteiger partial charge in [0.05, 0.1) is 0 Å². The Morgan fingerprint density at radius 1 is 1.62 bits per heavy atom. The molecule has 0 radical (unpaired) electrons. The molecule has 0 aliphatic rings. The minimum atomic E-state index is -3.43. The van der Waals surface area contributed by atoms with Crippen molar-refractivity contribution < 1.29 is 13.4 Å². The molecule has 13 heavy (non-hydrogen) atoms. The predicted octanol–water partition coefficient (Wildman–Crippen LogP) is 3.18. The Balaban J connectivity index is 2.60. The first-order valence-corrected chi connectivity index (χ1v) is 6.54. The molecule has 0 fully saturated rings. The zero-order valence-corrected chi connectivity index (χ0v) is 9.27. The lowest BCUT2D eigenvalue weighted by atomic mass is 10.4. The van der Waals surface area contributed by atoms with Crippen molar-refractivity contribution in [1.82, 2.24) is 0 Å². The standard InChI is InChI=1S/C7H8ClO3PS/c1-12(9,10)11-13-7-4-2-3-6(8)5-7/h2-5H,1H3,(H,9,10). The Morgan fingerprint density at radius 2 is 2.31 bits per heavy atom. The number of rotatable bonds is 3. The van der Waals surface area contributed by atoms with E-state index in [0.717, 1.165) is 18.7 Å². The van der Waals surface area contributed by atoms with Gasteiger partial charge in [-0.15, -0.1) is 0 Å². The van der Waals surface area contributed by atoms with Gasteiger partial charge in [0, 0.05) is 28.6 Å². The Kier molecular flexibility index (Phi) is 3.83. The van der Waals surface area contributed by atoms with Crippen LogP contribution in [0.2, 0.25) is 5.02 Å². The summed E-state index contributed by atoms with van der Waals surface area (Å²) in [7, 11) is -3.43. The lowest BCUT2D eigenvalue weighted by Gasteiger charge is -2.04. The lowest BCUT2D eigenvalue weighted by Crippen LogP contribution is -1.77. The van der Waals surface area contributed by atoms with Crippen LogP contribution in [0.15, 0.2) is 29.2 Å². The lowest BCUT2D eigenvalue weighted by molar-refractivity contribution is 0.409. The molecule has 0 aromatic heterocycles. The summed E-state index contributed by atoms with van der Waals surface area (Å²) in [5, 5.41) is 0.567. The van der Waals surface area contributed by atoms with Crippen LogP contribution in [0, 0.1) is 0 Å². The third-order valence-corrected chi connectivity index (χ3v) is 3.15. The van der Waals surface area contributed by atoms with E-state index in [4.69, 9.17) is 16.5 Å². The van der Waals surface area contributed by atoms with Crippen molar-refractivity contribution in [3.63, 3.8) is 0 Å². The monoisotopic (exact) mass is 238 g/mol. The van der Waals surface area contributed by atoms with Crippen molar-refractivity contribution in [2.24, 2.45) is 0 Å². The highest BCUT2D eigenvalue weighted by Crippen LogP contribution is 2.44. The fourth-order valence-electron chi connectivity index (χ4n) is 0.631. The zero-order valence-electron chi connectivity index (χ0n) is 6.81. The summed E-state index contributed by atoms with van der Waals surface area (Å²) in [4.78, 5) is 9.53. The van der Waals surface area contributed by atoms with Crippen LogP contribution >= 0.6 is 31.2 Å². The third-order valence-electron chi connectivity index (χ3n) is 1.07. The fraction of sp³-hybridized carbons (Fsp3) is 0.143. The van der Waals surface area contributed by atoms with Crippen LogP contribution in [0.3, 0.4) is 0 Å². The Morgan fingerprint density at radius 3 is 2.85 bits per heavy atom. The summed E-state index contributed by atoms with van der Waals surface area (Å²) in [6.07, 6.45) is 0. The van der Waals surface area contributed by atoms with Crippen molar-refractivity contribution in [3.05, 3.63) is 29.3 Å². The van der Waals surface area contributed by atoms with Gasteiger partial charge in [-0.05, 0) is 18.2 Å². The average molecular weight is 239 g/mol. The second-order valence-electron chi connectivity index (χ2n) is 2.42. The summed E-state index contributed by atoms with van der Waals surface area (Å²) in [6, 6.07) is 6.86. The van der Waals surface area contributed by atoms with Gasteiger partial charge in [-0.2, -0.15) is 0 Å². The van der Waals surface area contributed by atoms with Gasteiger partial charge in [-0.3, -0.25) is 4.57 Å². The predicted molar refractivity (Wildman–Crippen MR) is 54.1 cm³/mol. The van der Waals surface area contributed by atoms with Crippen LogP contribution < -0.4 is 0 Å². The van der Waals surface area contributed by atoms with E-state index < -0.39 is 7.60 Å². The average Bonchev–Trinajstić information content (AvgIpc) is 2.00. The first-order valence-electron chi connectivity index (χ1n) is 3.39. The molecule has 72 valence electrons. The molecule has 1 rings (SSSR count). The molecule has 0 heterocycles. The van der Waals surface area contributed by atoms with Crippen LogP contribution in [-0.4, -0.2) is 11.6 Å². The van der Waals surface area contributed by atoms with Gasteiger partial charge in [-0.25, -0.2) is 3.97 Å². The Labute approximate surface area is 85.8 Å². The van der Waals surface area contributed by atoms with Gasteiger partial charge in [0.2, 0.25) is 0 Å². The minimum Gasteiger partial charge on any atom is -0.324 e. The molecule has 6 heteroatoms. The summed E-state index contributed by atoms with van der Waals surface area (Å²) >= 11 is 6.54. The molecule has 0 spiro atoms. The van der Waals surface area contributed by atoms with Crippen molar-refractivity contribution in [2.75, 3.05) is 6.66 Å². The minimum absolute atomic E-state index is 0.567. The highest BCUT2D eigenvalue weighted by Gasteiger charge is 2.11. The van der Waals surface area contributed by atoms with Crippen molar-refractivity contribution in [1.29, 1.82) is 0 Å². The molecule has 3 nitrogen and oxygen atoms in total. The van der Waals surface area contributed by atoms with E-state index in [-0.39, 0.29) is 0 Å². The van der Waals surface area contributed by atoms with Gasteiger partial charge in [0.15, 0.2) is 0 Å². The molecule has 1 aromatic carbocycles. The van der Waals surface area contributed by atoms with E-state index in [2.05, 4.69) is 3.97 Å². The third kappa shape index (κ3) is 4.69. The molecule has 0 amide bonds. The topological polar surface area (TPSA) is 46.5 Å². The number of benzene rings is 1. The van der Waals surface area contributed by atoms with E-state index in [1.807, 2.05) is 0 Å². The SMILES string of the molecule is CP(=O)(O)OSc1cccc(Cl)c1. The van der Waals surface area contributed by atoms with E-state index in [1.54, 1.807) is 24.3 Å². The number of hydrogen-bond donors (Lipinski definition) is 1. The highest BCUT2D eigenvalue weighted by atomic mass is 35.5. The molecule has 0 aliphatic carbocycles. The zero-order chi connectivity index (χ0) is 9.90. The second-order valence-corrected chi connectivity index (χ2v) is 5.69. The van der Waals surface area contributed by atoms with Crippen LogP contribution in [-0.2, 0) is 8.54 Å². The van der Waals surface area contributed by atoms with E-state index in [9.17, 15) is 4.57 Å². The largest absolute Gasteiger partial charge is 0.336 e. The summed E-state index contributed by atoms with van der Waals surface area (Å²) < 4.78 is 15.4. The Bertz CT molecular complexity index is 338. The smallest absolute Gasteiger partial charge is 0.324 e. The number of halogens is 1. The molecule has 0 saturated carbocycles. The van der Waals surface area contributed by atoms with E-state index in [1.165, 1.54) is 0 Å². The summed E-state index contributed by atoms with van der Waals surface area (Å²) in [5.74, 6) is 0. The van der Waals surface area contributed by atoms with Crippen molar-refractivity contribution in [2.45, 2.75) is 4.90 Å². The van der Waals surface area contributed by atoms with Gasteiger partial charge in [0.1, 0.15) is 0 Å². The van der Waals surface area contributed by atoms with Crippen LogP contribution in [0.1, 0.15) is 0 Å². The molecule has 1 unspecified atom stereocenters. The normalized spacial score (nSPS) is 15.3. The maximum atomic E-state index is 10.8. The maximum absolute atomic E-state index is 10.8. The molecular formula is C7H8ClO3PS. The van der Waals surface area contributed by atoms with Crippen LogP contribution in [0.25, 0.3) is 0 Å². The first-order chi connectivity index (χ1) is 5.97.